The molecular weight excluding hydrogens is 228 g/mol. The minimum absolute atomic E-state index is 0.0383. The van der Waals surface area contributed by atoms with Crippen LogP contribution in [0.4, 0.5) is 5.69 Å². The Morgan fingerprint density at radius 2 is 2.06 bits per heavy atom. The second-order valence-electron chi connectivity index (χ2n) is 3.97. The van der Waals surface area contributed by atoms with Gasteiger partial charge in [-0.15, -0.1) is 0 Å². The number of phenolic OH excluding ortho intramolecular Hbond substituents is 1. The molecule has 0 atom stereocenters. The Balaban J connectivity index is 2.16. The number of benzene rings is 1. The Labute approximate surface area is 94.7 Å². The number of aromatic hydroxyl groups is 1. The third kappa shape index (κ3) is 2.65. The molecule has 3 N–H and O–H groups in total. The third-order valence-electron chi connectivity index (χ3n) is 2.38. The molecule has 0 amide bonds. The maximum absolute atomic E-state index is 11.6. The lowest BCUT2D eigenvalue weighted by Gasteiger charge is -2.11. The summed E-state index contributed by atoms with van der Waals surface area (Å²) in [6.45, 7) is 1.71. The van der Waals surface area contributed by atoms with E-state index >= 15 is 0 Å². The molecule has 1 aliphatic rings. The summed E-state index contributed by atoms with van der Waals surface area (Å²) in [6, 6.07) is 4.96. The molecule has 88 valence electrons. The summed E-state index contributed by atoms with van der Waals surface area (Å²) in [6.07, 6.45) is 1.75. The van der Waals surface area contributed by atoms with Crippen LogP contribution in [0.15, 0.2) is 18.2 Å². The van der Waals surface area contributed by atoms with E-state index in [2.05, 4.69) is 9.44 Å². The van der Waals surface area contributed by atoms with Gasteiger partial charge in [0.1, 0.15) is 5.75 Å². The zero-order chi connectivity index (χ0) is 11.8. The van der Waals surface area contributed by atoms with Crippen molar-refractivity contribution in [2.75, 3.05) is 4.72 Å². The highest BCUT2D eigenvalue weighted by Gasteiger charge is 2.27. The van der Waals surface area contributed by atoms with E-state index in [0.29, 0.717) is 5.56 Å². The van der Waals surface area contributed by atoms with Crippen LogP contribution in [0.5, 0.6) is 5.75 Å². The van der Waals surface area contributed by atoms with Crippen molar-refractivity contribution in [2.45, 2.75) is 25.8 Å². The molecule has 1 aliphatic carbocycles. The summed E-state index contributed by atoms with van der Waals surface area (Å²) < 4.78 is 27.9. The highest BCUT2D eigenvalue weighted by atomic mass is 32.2. The van der Waals surface area contributed by atoms with Crippen LogP contribution in [-0.4, -0.2) is 19.6 Å². The number of nitrogens with one attached hydrogen (secondary N) is 2. The number of hydrogen-bond acceptors (Lipinski definition) is 3. The van der Waals surface area contributed by atoms with Crippen molar-refractivity contribution in [3.8, 4) is 5.75 Å². The Bertz CT molecular complexity index is 495. The van der Waals surface area contributed by atoms with Crippen LogP contribution >= 0.6 is 0 Å². The molecule has 1 aromatic carbocycles. The zero-order valence-electron chi connectivity index (χ0n) is 8.90. The minimum atomic E-state index is -3.57. The van der Waals surface area contributed by atoms with Gasteiger partial charge in [0.25, 0.3) is 10.2 Å². The summed E-state index contributed by atoms with van der Waals surface area (Å²) in [5.41, 5.74) is 0.833. The van der Waals surface area contributed by atoms with Crippen molar-refractivity contribution in [3.63, 3.8) is 0 Å². The van der Waals surface area contributed by atoms with Crippen molar-refractivity contribution in [1.82, 2.24) is 4.72 Å². The standard InChI is InChI=1S/C10H14N2O3S/c1-7-3-2-4-9(10(7)13)12-16(14,15)11-8-5-6-8/h2-4,8,11-13H,5-6H2,1H3. The van der Waals surface area contributed by atoms with Crippen molar-refractivity contribution in [2.24, 2.45) is 0 Å². The lowest BCUT2D eigenvalue weighted by molar-refractivity contribution is 0.473. The largest absolute Gasteiger partial charge is 0.505 e. The highest BCUT2D eigenvalue weighted by molar-refractivity contribution is 7.90. The fourth-order valence-corrected chi connectivity index (χ4v) is 2.52. The molecule has 2 rings (SSSR count). The van der Waals surface area contributed by atoms with E-state index in [1.165, 1.54) is 6.07 Å². The monoisotopic (exact) mass is 242 g/mol. The van der Waals surface area contributed by atoms with Crippen molar-refractivity contribution >= 4 is 15.9 Å². The van der Waals surface area contributed by atoms with E-state index in [-0.39, 0.29) is 17.5 Å². The van der Waals surface area contributed by atoms with E-state index in [9.17, 15) is 13.5 Å². The van der Waals surface area contributed by atoms with Crippen molar-refractivity contribution < 1.29 is 13.5 Å². The average molecular weight is 242 g/mol. The molecule has 1 aromatic rings. The fourth-order valence-electron chi connectivity index (χ4n) is 1.34. The highest BCUT2D eigenvalue weighted by Crippen LogP contribution is 2.27. The quantitative estimate of drug-likeness (QED) is 0.692. The van der Waals surface area contributed by atoms with Crippen LogP contribution < -0.4 is 9.44 Å². The van der Waals surface area contributed by atoms with Crippen LogP contribution in [-0.2, 0) is 10.2 Å². The van der Waals surface area contributed by atoms with Crippen LogP contribution in [0.1, 0.15) is 18.4 Å². The first kappa shape index (κ1) is 11.2. The van der Waals surface area contributed by atoms with Crippen molar-refractivity contribution in [3.05, 3.63) is 23.8 Å². The lowest BCUT2D eigenvalue weighted by Crippen LogP contribution is -2.31. The van der Waals surface area contributed by atoms with Gasteiger partial charge in [0.15, 0.2) is 0 Å². The van der Waals surface area contributed by atoms with E-state index in [0.717, 1.165) is 12.8 Å². The molecule has 0 heterocycles. The molecule has 1 saturated carbocycles. The number of aryl methyl sites for hydroxylation is 1. The smallest absolute Gasteiger partial charge is 0.299 e. The average Bonchev–Trinajstić information content (AvgIpc) is 2.95. The van der Waals surface area contributed by atoms with Gasteiger partial charge in [-0.05, 0) is 31.4 Å². The molecule has 0 saturated heterocycles. The second-order valence-corrected chi connectivity index (χ2v) is 5.42. The van der Waals surface area contributed by atoms with Gasteiger partial charge < -0.3 is 5.11 Å². The maximum Gasteiger partial charge on any atom is 0.299 e. The number of rotatable bonds is 4. The molecule has 16 heavy (non-hydrogen) atoms. The SMILES string of the molecule is Cc1cccc(NS(=O)(=O)NC2CC2)c1O. The van der Waals surface area contributed by atoms with Gasteiger partial charge in [-0.25, -0.2) is 0 Å². The molecule has 0 spiro atoms. The minimum Gasteiger partial charge on any atom is -0.505 e. The fraction of sp³-hybridized carbons (Fsp3) is 0.400. The van der Waals surface area contributed by atoms with Gasteiger partial charge in [0.2, 0.25) is 0 Å². The van der Waals surface area contributed by atoms with Gasteiger partial charge in [0.05, 0.1) is 5.69 Å². The molecule has 0 aliphatic heterocycles. The predicted molar refractivity (Wildman–Crippen MR) is 61.5 cm³/mol. The Morgan fingerprint density at radius 1 is 1.38 bits per heavy atom. The van der Waals surface area contributed by atoms with Crippen LogP contribution in [0.25, 0.3) is 0 Å². The van der Waals surface area contributed by atoms with Gasteiger partial charge >= 0.3 is 0 Å². The molecule has 5 nitrogen and oxygen atoms in total. The van der Waals surface area contributed by atoms with Gasteiger partial charge in [0, 0.05) is 6.04 Å². The second kappa shape index (κ2) is 3.95. The van der Waals surface area contributed by atoms with Gasteiger partial charge in [-0.2, -0.15) is 13.1 Å². The molecule has 1 fully saturated rings. The summed E-state index contributed by atoms with van der Waals surface area (Å²) in [7, 11) is -3.57. The van der Waals surface area contributed by atoms with E-state index in [1.54, 1.807) is 19.1 Å². The van der Waals surface area contributed by atoms with E-state index in [1.807, 2.05) is 0 Å². The molecular formula is C10H14N2O3S. The van der Waals surface area contributed by atoms with Crippen LogP contribution in [0.2, 0.25) is 0 Å². The topological polar surface area (TPSA) is 78.4 Å². The molecule has 0 aromatic heterocycles. The van der Waals surface area contributed by atoms with E-state index in [4.69, 9.17) is 0 Å². The van der Waals surface area contributed by atoms with Gasteiger partial charge in [-0.1, -0.05) is 12.1 Å². The molecule has 0 unspecified atom stereocenters. The van der Waals surface area contributed by atoms with Crippen LogP contribution in [0, 0.1) is 6.92 Å². The van der Waals surface area contributed by atoms with Gasteiger partial charge in [-0.3, -0.25) is 4.72 Å². The molecule has 6 heteroatoms. The molecule has 0 bridgehead atoms. The Hall–Kier alpha value is -1.27. The Morgan fingerprint density at radius 3 is 2.69 bits per heavy atom. The zero-order valence-corrected chi connectivity index (χ0v) is 9.71. The first-order valence-electron chi connectivity index (χ1n) is 5.06. The van der Waals surface area contributed by atoms with Crippen molar-refractivity contribution in [1.29, 1.82) is 0 Å². The maximum atomic E-state index is 11.6. The summed E-state index contributed by atoms with van der Waals surface area (Å²) in [4.78, 5) is 0. The normalized spacial score (nSPS) is 16.1. The number of hydrogen-bond donors (Lipinski definition) is 3. The molecule has 0 radical (unpaired) electrons. The lowest BCUT2D eigenvalue weighted by atomic mass is 10.2. The van der Waals surface area contributed by atoms with Crippen LogP contribution in [0.3, 0.4) is 0 Å². The summed E-state index contributed by atoms with van der Waals surface area (Å²) >= 11 is 0. The summed E-state index contributed by atoms with van der Waals surface area (Å²) in [5, 5.41) is 9.66. The Kier molecular flexibility index (Phi) is 2.77. The number of anilines is 1. The number of para-hydroxylation sites is 1. The first-order valence-corrected chi connectivity index (χ1v) is 6.55. The van der Waals surface area contributed by atoms with E-state index < -0.39 is 10.2 Å². The first-order chi connectivity index (χ1) is 7.48. The third-order valence-corrected chi connectivity index (χ3v) is 3.51. The number of phenols is 1. The summed E-state index contributed by atoms with van der Waals surface area (Å²) in [5.74, 6) is -0.0383. The predicted octanol–water partition coefficient (Wildman–Crippen LogP) is 1.11.